The fraction of sp³-hybridized carbons (Fsp3) is 0.353. The number of piperidine rings is 1. The Morgan fingerprint density at radius 2 is 2.11 bits per heavy atom. The molecule has 1 fully saturated rings. The lowest BCUT2D eigenvalue weighted by molar-refractivity contribution is 0.123. The number of benzene rings is 1. The molecule has 1 unspecified atom stereocenters. The van der Waals surface area contributed by atoms with Gasteiger partial charge in [0.15, 0.2) is 5.58 Å². The molecule has 27 heavy (non-hydrogen) atoms. The minimum Gasteiger partial charge on any atom is -0.472 e. The molecule has 4 rings (SSSR count). The molecule has 0 radical (unpaired) electrons. The third kappa shape index (κ3) is 3.58. The van der Waals surface area contributed by atoms with Gasteiger partial charge in [0, 0.05) is 12.6 Å². The zero-order valence-corrected chi connectivity index (χ0v) is 15.4. The normalized spacial score (nSPS) is 18.6. The number of rotatable bonds is 4. The number of aromatic nitrogens is 3. The fourth-order valence-corrected chi connectivity index (χ4v) is 4.62. The Bertz CT molecular complexity index is 1120. The van der Waals surface area contributed by atoms with E-state index in [2.05, 4.69) is 15.2 Å². The first-order valence-corrected chi connectivity index (χ1v) is 9.96. The van der Waals surface area contributed by atoms with Crippen LogP contribution in [0.15, 0.2) is 44.4 Å². The van der Waals surface area contributed by atoms with Crippen molar-refractivity contribution in [2.24, 2.45) is 0 Å². The van der Waals surface area contributed by atoms with Crippen LogP contribution in [-0.4, -0.2) is 47.1 Å². The number of fused-ring (bicyclic) bond motifs is 1. The van der Waals surface area contributed by atoms with Gasteiger partial charge in [0.1, 0.15) is 6.10 Å². The molecule has 3 heterocycles. The van der Waals surface area contributed by atoms with Crippen LogP contribution in [-0.2, 0) is 10.0 Å². The van der Waals surface area contributed by atoms with Gasteiger partial charge in [-0.3, -0.25) is 4.98 Å². The highest BCUT2D eigenvalue weighted by Gasteiger charge is 2.31. The van der Waals surface area contributed by atoms with Gasteiger partial charge in [0.25, 0.3) is 0 Å². The molecular weight excluding hydrogens is 372 g/mol. The second-order valence-electron chi connectivity index (χ2n) is 6.43. The molecular formula is C17H18N4O5S. The molecule has 10 heteroatoms. The van der Waals surface area contributed by atoms with Gasteiger partial charge in [0.05, 0.1) is 22.7 Å². The van der Waals surface area contributed by atoms with Crippen molar-refractivity contribution in [2.75, 3.05) is 13.1 Å². The van der Waals surface area contributed by atoms with Gasteiger partial charge >= 0.3 is 5.76 Å². The maximum atomic E-state index is 13.0. The number of ether oxygens (including phenoxy) is 1. The third-order valence-corrected chi connectivity index (χ3v) is 6.29. The lowest BCUT2D eigenvalue weighted by Gasteiger charge is -2.31. The number of oxazole rings is 1. The minimum absolute atomic E-state index is 0.0998. The monoisotopic (exact) mass is 390 g/mol. The molecule has 1 N–H and O–H groups in total. The minimum atomic E-state index is -3.72. The zero-order valence-electron chi connectivity index (χ0n) is 14.6. The van der Waals surface area contributed by atoms with E-state index in [1.54, 1.807) is 12.1 Å². The van der Waals surface area contributed by atoms with Crippen molar-refractivity contribution in [3.8, 4) is 5.88 Å². The van der Waals surface area contributed by atoms with Crippen LogP contribution < -0.4 is 10.5 Å². The molecule has 0 saturated carbocycles. The van der Waals surface area contributed by atoms with E-state index in [-0.39, 0.29) is 17.5 Å². The molecule has 0 amide bonds. The second kappa shape index (κ2) is 6.78. The van der Waals surface area contributed by atoms with Crippen LogP contribution in [0.25, 0.3) is 11.1 Å². The van der Waals surface area contributed by atoms with Crippen LogP contribution in [0, 0.1) is 6.92 Å². The van der Waals surface area contributed by atoms with Crippen molar-refractivity contribution in [1.82, 2.24) is 19.5 Å². The maximum absolute atomic E-state index is 13.0. The van der Waals surface area contributed by atoms with Crippen LogP contribution in [0.4, 0.5) is 0 Å². The highest BCUT2D eigenvalue weighted by atomic mass is 32.2. The Balaban J connectivity index is 1.55. The van der Waals surface area contributed by atoms with Gasteiger partial charge in [0.2, 0.25) is 15.9 Å². The second-order valence-corrected chi connectivity index (χ2v) is 8.37. The maximum Gasteiger partial charge on any atom is 0.417 e. The van der Waals surface area contributed by atoms with Crippen molar-refractivity contribution >= 4 is 21.1 Å². The average molecular weight is 390 g/mol. The summed E-state index contributed by atoms with van der Waals surface area (Å²) in [6.45, 7) is 2.45. The van der Waals surface area contributed by atoms with Gasteiger partial charge in [-0.2, -0.15) is 9.40 Å². The summed E-state index contributed by atoms with van der Waals surface area (Å²) in [4.78, 5) is 13.9. The van der Waals surface area contributed by atoms with Crippen molar-refractivity contribution in [3.63, 3.8) is 0 Å². The van der Waals surface area contributed by atoms with Crippen molar-refractivity contribution in [1.29, 1.82) is 0 Å². The van der Waals surface area contributed by atoms with Crippen LogP contribution in [0.3, 0.4) is 0 Å². The highest BCUT2D eigenvalue weighted by molar-refractivity contribution is 7.89. The van der Waals surface area contributed by atoms with E-state index in [4.69, 9.17) is 9.15 Å². The van der Waals surface area contributed by atoms with E-state index in [1.807, 2.05) is 6.92 Å². The third-order valence-electron chi connectivity index (χ3n) is 4.43. The van der Waals surface area contributed by atoms with Gasteiger partial charge in [-0.25, -0.2) is 13.2 Å². The Labute approximate surface area is 155 Å². The summed E-state index contributed by atoms with van der Waals surface area (Å²) in [5.41, 5.74) is 1.44. The Kier molecular flexibility index (Phi) is 4.44. The number of H-pyrrole nitrogens is 1. The van der Waals surface area contributed by atoms with E-state index in [0.717, 1.165) is 12.1 Å². The summed E-state index contributed by atoms with van der Waals surface area (Å²) in [6.07, 6.45) is 1.10. The number of hydrogen-bond donors (Lipinski definition) is 1. The number of aromatic amines is 1. The molecule has 0 aliphatic carbocycles. The van der Waals surface area contributed by atoms with Crippen LogP contribution in [0.5, 0.6) is 5.88 Å². The van der Waals surface area contributed by atoms with Crippen LogP contribution in [0.1, 0.15) is 18.5 Å². The average Bonchev–Trinajstić information content (AvgIpc) is 3.03. The molecule has 1 aliphatic rings. The van der Waals surface area contributed by atoms with E-state index < -0.39 is 15.8 Å². The number of sulfonamides is 1. The summed E-state index contributed by atoms with van der Waals surface area (Å²) < 4.78 is 38.1. The molecule has 9 nitrogen and oxygen atoms in total. The quantitative estimate of drug-likeness (QED) is 0.716. The lowest BCUT2D eigenvalue weighted by atomic mass is 10.1. The smallest absolute Gasteiger partial charge is 0.417 e. The van der Waals surface area contributed by atoms with Crippen molar-refractivity contribution in [3.05, 3.63) is 46.6 Å². The number of nitrogens with zero attached hydrogens (tertiary/aromatic N) is 3. The summed E-state index contributed by atoms with van der Waals surface area (Å²) in [5, 5.41) is 7.92. The first-order valence-electron chi connectivity index (χ1n) is 8.52. The van der Waals surface area contributed by atoms with Gasteiger partial charge < -0.3 is 9.15 Å². The lowest BCUT2D eigenvalue weighted by Crippen LogP contribution is -2.44. The molecule has 1 aromatic carbocycles. The Hall–Kier alpha value is -2.72. The summed E-state index contributed by atoms with van der Waals surface area (Å²) >= 11 is 0. The summed E-state index contributed by atoms with van der Waals surface area (Å²) in [7, 11) is -3.72. The molecule has 3 aromatic rings. The SMILES string of the molecule is Cc1ccc(OC2CCCN(S(=O)(=O)c3ccc4oc(=O)[nH]c4c3)C2)nn1. The van der Waals surface area contributed by atoms with Crippen molar-refractivity contribution < 1.29 is 17.6 Å². The standard InChI is InChI=1S/C17H18N4O5S/c1-11-4-7-16(20-19-11)25-12-3-2-8-21(10-12)27(23,24)13-5-6-15-14(9-13)18-17(22)26-15/h4-7,9,12H,2-3,8,10H2,1H3,(H,18,22). The number of aryl methyl sites for hydroxylation is 1. The molecule has 0 bridgehead atoms. The van der Waals surface area contributed by atoms with Gasteiger partial charge in [-0.05, 0) is 44.0 Å². The van der Waals surface area contributed by atoms with Crippen LogP contribution >= 0.6 is 0 Å². The summed E-state index contributed by atoms with van der Waals surface area (Å²) in [6, 6.07) is 7.83. The topological polar surface area (TPSA) is 118 Å². The highest BCUT2D eigenvalue weighted by Crippen LogP contribution is 2.24. The Morgan fingerprint density at radius 1 is 1.26 bits per heavy atom. The van der Waals surface area contributed by atoms with Gasteiger partial charge in [-0.1, -0.05) is 0 Å². The predicted octanol–water partition coefficient (Wildman–Crippen LogP) is 1.45. The first-order chi connectivity index (χ1) is 12.9. The Morgan fingerprint density at radius 3 is 2.89 bits per heavy atom. The molecule has 1 atom stereocenters. The number of nitrogens with one attached hydrogen (secondary N) is 1. The molecule has 1 saturated heterocycles. The summed E-state index contributed by atoms with van der Waals surface area (Å²) in [5.74, 6) is -0.243. The molecule has 1 aliphatic heterocycles. The molecule has 2 aromatic heterocycles. The van der Waals surface area contributed by atoms with Gasteiger partial charge in [-0.15, -0.1) is 5.10 Å². The van der Waals surface area contributed by atoms with E-state index in [1.165, 1.54) is 22.5 Å². The van der Waals surface area contributed by atoms with Crippen LogP contribution in [0.2, 0.25) is 0 Å². The largest absolute Gasteiger partial charge is 0.472 e. The van der Waals surface area contributed by atoms with E-state index >= 15 is 0 Å². The number of hydrogen-bond acceptors (Lipinski definition) is 7. The zero-order chi connectivity index (χ0) is 19.0. The molecule has 0 spiro atoms. The van der Waals surface area contributed by atoms with Crippen molar-refractivity contribution in [2.45, 2.75) is 30.8 Å². The fourth-order valence-electron chi connectivity index (χ4n) is 3.08. The van der Waals surface area contributed by atoms with E-state index in [0.29, 0.717) is 29.9 Å². The van der Waals surface area contributed by atoms with E-state index in [9.17, 15) is 13.2 Å². The molecule has 142 valence electrons. The predicted molar refractivity (Wildman–Crippen MR) is 96.0 cm³/mol. The first kappa shape index (κ1) is 17.7.